The van der Waals surface area contributed by atoms with E-state index in [4.69, 9.17) is 4.74 Å². The molecule has 0 saturated carbocycles. The van der Waals surface area contributed by atoms with Gasteiger partial charge in [0, 0.05) is 31.0 Å². The van der Waals surface area contributed by atoms with Crippen LogP contribution in [0.5, 0.6) is 0 Å². The third kappa shape index (κ3) is 5.86. The number of benzene rings is 1. The van der Waals surface area contributed by atoms with E-state index in [0.717, 1.165) is 16.7 Å². The van der Waals surface area contributed by atoms with E-state index < -0.39 is 29.1 Å². The number of aromatic nitrogens is 1. The van der Waals surface area contributed by atoms with Crippen molar-refractivity contribution in [3.05, 3.63) is 70.4 Å². The molecule has 6 nitrogen and oxygen atoms in total. The highest BCUT2D eigenvalue weighted by atomic mass is 19.1. The van der Waals surface area contributed by atoms with E-state index in [0.29, 0.717) is 19.6 Å². The first-order valence-electron chi connectivity index (χ1n) is 8.76. The number of ether oxygens (including phenoxy) is 1. The summed E-state index contributed by atoms with van der Waals surface area (Å²) in [6, 6.07) is 7.86. The lowest BCUT2D eigenvalue weighted by Crippen LogP contribution is -2.41. The van der Waals surface area contributed by atoms with Gasteiger partial charge in [-0.2, -0.15) is 0 Å². The molecule has 7 heteroatoms. The Morgan fingerprint density at radius 2 is 1.85 bits per heavy atom. The fourth-order valence-electron chi connectivity index (χ4n) is 2.50. The standard InChI is InChI=1S/C20H23FN2O4/c1-14(2)27-13-5-11-22-20(26)18(23-12-4-3-6-17(23)24)19(25)15-7-9-16(21)10-8-15/h3-4,6-10,12,14,18H,5,11,13H2,1-2H3,(H,22,26). The molecule has 2 rings (SSSR count). The van der Waals surface area contributed by atoms with Crippen molar-refractivity contribution in [1.29, 1.82) is 0 Å². The average Bonchev–Trinajstić information content (AvgIpc) is 2.63. The van der Waals surface area contributed by atoms with Gasteiger partial charge < -0.3 is 10.1 Å². The van der Waals surface area contributed by atoms with Gasteiger partial charge in [0.1, 0.15) is 5.82 Å². The van der Waals surface area contributed by atoms with Crippen molar-refractivity contribution in [3.8, 4) is 0 Å². The molecule has 1 atom stereocenters. The van der Waals surface area contributed by atoms with Crippen molar-refractivity contribution in [1.82, 2.24) is 9.88 Å². The number of nitrogens with zero attached hydrogens (tertiary/aromatic N) is 1. The van der Waals surface area contributed by atoms with E-state index in [1.54, 1.807) is 6.07 Å². The van der Waals surface area contributed by atoms with Crippen molar-refractivity contribution in [2.45, 2.75) is 32.4 Å². The summed E-state index contributed by atoms with van der Waals surface area (Å²) in [4.78, 5) is 37.7. The van der Waals surface area contributed by atoms with E-state index in [-0.39, 0.29) is 11.7 Å². The number of carbonyl (C=O) groups excluding carboxylic acids is 2. The van der Waals surface area contributed by atoms with Crippen molar-refractivity contribution in [2.75, 3.05) is 13.2 Å². The highest BCUT2D eigenvalue weighted by molar-refractivity contribution is 6.11. The summed E-state index contributed by atoms with van der Waals surface area (Å²) in [5.74, 6) is -1.67. The molecule has 1 unspecified atom stereocenters. The fraction of sp³-hybridized carbons (Fsp3) is 0.350. The molecule has 0 aliphatic heterocycles. The molecule has 0 saturated heterocycles. The molecular weight excluding hydrogens is 351 g/mol. The van der Waals surface area contributed by atoms with Crippen LogP contribution in [0.25, 0.3) is 0 Å². The van der Waals surface area contributed by atoms with Gasteiger partial charge in [-0.25, -0.2) is 4.39 Å². The van der Waals surface area contributed by atoms with Crippen LogP contribution in [0.15, 0.2) is 53.5 Å². The van der Waals surface area contributed by atoms with Crippen LogP contribution >= 0.6 is 0 Å². The number of halogens is 1. The number of hydrogen-bond acceptors (Lipinski definition) is 4. The Morgan fingerprint density at radius 1 is 1.15 bits per heavy atom. The number of amides is 1. The minimum atomic E-state index is -1.37. The molecule has 2 aromatic rings. The number of rotatable bonds is 9. The lowest BCUT2D eigenvalue weighted by molar-refractivity contribution is -0.123. The second-order valence-electron chi connectivity index (χ2n) is 6.28. The van der Waals surface area contributed by atoms with Crippen LogP contribution in [0.4, 0.5) is 4.39 Å². The molecular formula is C20H23FN2O4. The maximum absolute atomic E-state index is 13.1. The van der Waals surface area contributed by atoms with E-state index in [1.807, 2.05) is 13.8 Å². The summed E-state index contributed by atoms with van der Waals surface area (Å²) in [6.07, 6.45) is 2.05. The Bertz CT molecular complexity index is 830. The molecule has 1 aromatic carbocycles. The van der Waals surface area contributed by atoms with Crippen molar-refractivity contribution in [3.63, 3.8) is 0 Å². The van der Waals surface area contributed by atoms with E-state index >= 15 is 0 Å². The maximum Gasteiger partial charge on any atom is 0.251 e. The summed E-state index contributed by atoms with van der Waals surface area (Å²) >= 11 is 0. The highest BCUT2D eigenvalue weighted by Crippen LogP contribution is 2.14. The van der Waals surface area contributed by atoms with Crippen LogP contribution in [0.1, 0.15) is 36.7 Å². The first kappa shape index (κ1) is 20.5. The van der Waals surface area contributed by atoms with Gasteiger partial charge in [0.05, 0.1) is 6.10 Å². The lowest BCUT2D eigenvalue weighted by atomic mass is 10.0. The topological polar surface area (TPSA) is 77.4 Å². The first-order chi connectivity index (χ1) is 12.9. The predicted octanol–water partition coefficient (Wildman–Crippen LogP) is 2.34. The Hall–Kier alpha value is -2.80. The molecule has 27 heavy (non-hydrogen) atoms. The van der Waals surface area contributed by atoms with Crippen LogP contribution < -0.4 is 10.9 Å². The largest absolute Gasteiger partial charge is 0.379 e. The maximum atomic E-state index is 13.1. The van der Waals surface area contributed by atoms with Crippen LogP contribution in [-0.2, 0) is 9.53 Å². The minimum Gasteiger partial charge on any atom is -0.379 e. The molecule has 144 valence electrons. The number of nitrogens with one attached hydrogen (secondary N) is 1. The molecule has 1 N–H and O–H groups in total. The Labute approximate surface area is 157 Å². The van der Waals surface area contributed by atoms with Gasteiger partial charge in [0.2, 0.25) is 0 Å². The van der Waals surface area contributed by atoms with Gasteiger partial charge in [0.25, 0.3) is 11.5 Å². The van der Waals surface area contributed by atoms with Crippen molar-refractivity contribution >= 4 is 11.7 Å². The Balaban J connectivity index is 2.19. The molecule has 1 heterocycles. The second kappa shape index (κ2) is 9.78. The average molecular weight is 374 g/mol. The summed E-state index contributed by atoms with van der Waals surface area (Å²) in [5.41, 5.74) is -0.327. The molecule has 0 radical (unpaired) electrons. The zero-order chi connectivity index (χ0) is 19.8. The normalized spacial score (nSPS) is 12.0. The predicted molar refractivity (Wildman–Crippen MR) is 99.2 cm³/mol. The quantitative estimate of drug-likeness (QED) is 0.415. The molecule has 0 spiro atoms. The van der Waals surface area contributed by atoms with Crippen LogP contribution in [0.2, 0.25) is 0 Å². The van der Waals surface area contributed by atoms with E-state index in [2.05, 4.69) is 5.32 Å². The number of ketones is 1. The van der Waals surface area contributed by atoms with Crippen LogP contribution in [0.3, 0.4) is 0 Å². The fourth-order valence-corrected chi connectivity index (χ4v) is 2.50. The Kier molecular flexibility index (Phi) is 7.43. The zero-order valence-corrected chi connectivity index (χ0v) is 15.4. The third-order valence-electron chi connectivity index (χ3n) is 3.83. The summed E-state index contributed by atoms with van der Waals surface area (Å²) < 4.78 is 19.6. The lowest BCUT2D eigenvalue weighted by Gasteiger charge is -2.18. The van der Waals surface area contributed by atoms with E-state index in [1.165, 1.54) is 30.5 Å². The summed E-state index contributed by atoms with van der Waals surface area (Å²) in [6.45, 7) is 4.61. The monoisotopic (exact) mass is 374 g/mol. The Morgan fingerprint density at radius 3 is 2.48 bits per heavy atom. The number of carbonyl (C=O) groups is 2. The molecule has 0 aliphatic rings. The van der Waals surface area contributed by atoms with Gasteiger partial charge in [-0.15, -0.1) is 0 Å². The number of Topliss-reactive ketones (excluding diaryl/α,β-unsaturated/α-hetero) is 1. The smallest absolute Gasteiger partial charge is 0.251 e. The minimum absolute atomic E-state index is 0.0939. The van der Waals surface area contributed by atoms with Gasteiger partial charge in [-0.05, 0) is 50.6 Å². The van der Waals surface area contributed by atoms with Gasteiger partial charge in [-0.3, -0.25) is 19.0 Å². The molecule has 1 aromatic heterocycles. The van der Waals surface area contributed by atoms with Gasteiger partial charge in [0.15, 0.2) is 11.8 Å². The molecule has 0 aliphatic carbocycles. The SMILES string of the molecule is CC(C)OCCCNC(=O)C(C(=O)c1ccc(F)cc1)n1ccccc1=O. The molecule has 0 fully saturated rings. The number of pyridine rings is 1. The summed E-state index contributed by atoms with van der Waals surface area (Å²) in [5, 5.41) is 2.67. The third-order valence-corrected chi connectivity index (χ3v) is 3.83. The molecule has 1 amide bonds. The van der Waals surface area contributed by atoms with Crippen LogP contribution in [0, 0.1) is 5.82 Å². The van der Waals surface area contributed by atoms with Crippen molar-refractivity contribution in [2.24, 2.45) is 0 Å². The molecule has 0 bridgehead atoms. The number of hydrogen-bond donors (Lipinski definition) is 1. The first-order valence-corrected chi connectivity index (χ1v) is 8.76. The van der Waals surface area contributed by atoms with E-state index in [9.17, 15) is 18.8 Å². The van der Waals surface area contributed by atoms with Gasteiger partial charge in [-0.1, -0.05) is 6.07 Å². The zero-order valence-electron chi connectivity index (χ0n) is 15.4. The van der Waals surface area contributed by atoms with Crippen LogP contribution in [-0.4, -0.2) is 35.5 Å². The van der Waals surface area contributed by atoms with Crippen molar-refractivity contribution < 1.29 is 18.7 Å². The van der Waals surface area contributed by atoms with Gasteiger partial charge >= 0.3 is 0 Å². The summed E-state index contributed by atoms with van der Waals surface area (Å²) in [7, 11) is 0. The highest BCUT2D eigenvalue weighted by Gasteiger charge is 2.29. The second-order valence-corrected chi connectivity index (χ2v) is 6.28.